The van der Waals surface area contributed by atoms with Gasteiger partial charge in [0.05, 0.1) is 5.39 Å². The fraction of sp³-hybridized carbons (Fsp3) is 0.308. The molecule has 1 fully saturated rings. The number of fused-ring (bicyclic) bond motifs is 1. The van der Waals surface area contributed by atoms with Crippen molar-refractivity contribution in [1.29, 1.82) is 0 Å². The number of hydrogen-bond donors (Lipinski definition) is 0. The van der Waals surface area contributed by atoms with Gasteiger partial charge in [-0.2, -0.15) is 0 Å². The molecule has 4 rings (SSSR count). The number of amides is 1. The Kier molecular flexibility index (Phi) is 6.51. The molecule has 31 heavy (non-hydrogen) atoms. The van der Waals surface area contributed by atoms with Gasteiger partial charge in [0.25, 0.3) is 11.5 Å². The molecular weight excluding hydrogens is 388 g/mol. The summed E-state index contributed by atoms with van der Waals surface area (Å²) in [6, 6.07) is 17.8. The van der Waals surface area contributed by atoms with Gasteiger partial charge in [0.2, 0.25) is 0 Å². The maximum absolute atomic E-state index is 12.7. The minimum Gasteiger partial charge on any atom is -0.483 e. The zero-order valence-corrected chi connectivity index (χ0v) is 17.7. The number of piperidine rings is 1. The molecule has 1 aliphatic heterocycles. The van der Waals surface area contributed by atoms with Crippen molar-refractivity contribution in [2.45, 2.75) is 25.8 Å². The number of rotatable bonds is 7. The molecule has 0 radical (unpaired) electrons. The van der Waals surface area contributed by atoms with Crippen molar-refractivity contribution in [3.8, 4) is 5.75 Å². The highest BCUT2D eigenvalue weighted by Gasteiger charge is 2.23. The van der Waals surface area contributed by atoms with Gasteiger partial charge in [-0.3, -0.25) is 9.59 Å². The molecule has 0 atom stereocenters. The molecule has 2 heterocycles. The molecule has 0 N–H and O–H groups in total. The Bertz CT molecular complexity index is 1110. The lowest BCUT2D eigenvalue weighted by molar-refractivity contribution is -0.134. The van der Waals surface area contributed by atoms with E-state index in [4.69, 9.17) is 4.74 Å². The van der Waals surface area contributed by atoms with Crippen molar-refractivity contribution in [2.75, 3.05) is 19.7 Å². The highest BCUT2D eigenvalue weighted by atomic mass is 16.5. The largest absolute Gasteiger partial charge is 0.483 e. The fourth-order valence-corrected chi connectivity index (χ4v) is 4.26. The quantitative estimate of drug-likeness (QED) is 0.546. The van der Waals surface area contributed by atoms with E-state index in [2.05, 4.69) is 30.8 Å². The average Bonchev–Trinajstić information content (AvgIpc) is 2.80. The number of carbonyl (C=O) groups is 1. The first-order valence-corrected chi connectivity index (χ1v) is 10.8. The molecule has 160 valence electrons. The molecule has 0 aliphatic carbocycles. The molecule has 5 heteroatoms. The zero-order chi connectivity index (χ0) is 21.6. The van der Waals surface area contributed by atoms with Crippen LogP contribution in [0.4, 0.5) is 0 Å². The van der Waals surface area contributed by atoms with Gasteiger partial charge in [-0.1, -0.05) is 42.5 Å². The Labute approximate surface area is 182 Å². The second kappa shape index (κ2) is 9.65. The minimum atomic E-state index is -0.0883. The monoisotopic (exact) mass is 416 g/mol. The lowest BCUT2D eigenvalue weighted by Gasteiger charge is -2.32. The second-order valence-electron chi connectivity index (χ2n) is 8.08. The summed E-state index contributed by atoms with van der Waals surface area (Å²) in [5.41, 5.74) is 1.27. The lowest BCUT2D eigenvalue weighted by Crippen LogP contribution is -2.41. The number of carbonyl (C=O) groups excluding carboxylic acids is 1. The van der Waals surface area contributed by atoms with E-state index < -0.39 is 0 Å². The number of aromatic nitrogens is 1. The predicted octanol–water partition coefficient (Wildman–Crippen LogP) is 4.05. The molecule has 1 aliphatic rings. The second-order valence-corrected chi connectivity index (χ2v) is 8.08. The summed E-state index contributed by atoms with van der Waals surface area (Å²) >= 11 is 0. The highest BCUT2D eigenvalue weighted by Crippen LogP contribution is 2.24. The number of nitrogens with zero attached hydrogens (tertiary/aromatic N) is 2. The molecule has 3 aromatic rings. The van der Waals surface area contributed by atoms with Crippen LogP contribution in [0.1, 0.15) is 18.4 Å². The van der Waals surface area contributed by atoms with Crippen LogP contribution < -0.4 is 10.3 Å². The predicted molar refractivity (Wildman–Crippen MR) is 123 cm³/mol. The summed E-state index contributed by atoms with van der Waals surface area (Å²) in [6.07, 6.45) is 6.52. The van der Waals surface area contributed by atoms with Crippen LogP contribution in [0.5, 0.6) is 5.75 Å². The molecular formula is C26H28N2O3. The third-order valence-electron chi connectivity index (χ3n) is 5.99. The number of benzene rings is 2. The summed E-state index contributed by atoms with van der Waals surface area (Å²) in [6.45, 7) is 5.66. The maximum Gasteiger partial charge on any atom is 0.260 e. The van der Waals surface area contributed by atoms with E-state index >= 15 is 0 Å². The Morgan fingerprint density at radius 3 is 2.55 bits per heavy atom. The van der Waals surface area contributed by atoms with Gasteiger partial charge in [0.15, 0.2) is 6.61 Å². The number of allylic oxidation sites excluding steroid dienone is 1. The number of likely N-dealkylation sites (tertiary alicyclic amines) is 1. The van der Waals surface area contributed by atoms with Gasteiger partial charge in [0.1, 0.15) is 5.75 Å². The van der Waals surface area contributed by atoms with E-state index in [9.17, 15) is 9.59 Å². The summed E-state index contributed by atoms with van der Waals surface area (Å²) < 4.78 is 7.45. The zero-order valence-electron chi connectivity index (χ0n) is 17.7. The molecule has 0 unspecified atom stereocenters. The molecule has 0 spiro atoms. The van der Waals surface area contributed by atoms with Gasteiger partial charge in [-0.15, -0.1) is 6.58 Å². The molecule has 5 nitrogen and oxygen atoms in total. The van der Waals surface area contributed by atoms with Crippen LogP contribution in [0.3, 0.4) is 0 Å². The third kappa shape index (κ3) is 4.88. The van der Waals surface area contributed by atoms with Crippen LogP contribution in [0.15, 0.2) is 78.2 Å². The summed E-state index contributed by atoms with van der Waals surface area (Å²) in [4.78, 5) is 27.2. The average molecular weight is 417 g/mol. The van der Waals surface area contributed by atoms with Crippen LogP contribution in [0, 0.1) is 5.92 Å². The molecule has 1 aromatic heterocycles. The van der Waals surface area contributed by atoms with E-state index in [0.29, 0.717) is 23.6 Å². The summed E-state index contributed by atoms with van der Waals surface area (Å²) in [5.74, 6) is 1.17. The van der Waals surface area contributed by atoms with E-state index in [-0.39, 0.29) is 18.1 Å². The number of pyridine rings is 1. The SMILES string of the molecule is C=CCn1ccc2c(OCC(=O)N3CCC(Cc4ccccc4)CC3)cccc2c1=O. The third-order valence-corrected chi connectivity index (χ3v) is 5.99. The number of ether oxygens (including phenoxy) is 1. The number of hydrogen-bond acceptors (Lipinski definition) is 3. The van der Waals surface area contributed by atoms with Crippen LogP contribution in [-0.4, -0.2) is 35.1 Å². The first-order chi connectivity index (χ1) is 15.2. The first kappa shape index (κ1) is 20.9. The molecule has 0 bridgehead atoms. The Morgan fingerprint density at radius 2 is 1.81 bits per heavy atom. The van der Waals surface area contributed by atoms with E-state index in [1.54, 1.807) is 35.0 Å². The van der Waals surface area contributed by atoms with Crippen LogP contribution >= 0.6 is 0 Å². The highest BCUT2D eigenvalue weighted by molar-refractivity contribution is 5.88. The topological polar surface area (TPSA) is 51.5 Å². The van der Waals surface area contributed by atoms with Crippen molar-refractivity contribution in [2.24, 2.45) is 5.92 Å². The van der Waals surface area contributed by atoms with E-state index in [0.717, 1.165) is 37.7 Å². The molecule has 2 aromatic carbocycles. The Morgan fingerprint density at radius 1 is 1.03 bits per heavy atom. The van der Waals surface area contributed by atoms with Gasteiger partial charge in [0, 0.05) is 31.2 Å². The normalized spacial score (nSPS) is 14.5. The van der Waals surface area contributed by atoms with Crippen molar-refractivity contribution < 1.29 is 9.53 Å². The maximum atomic E-state index is 12.7. The smallest absolute Gasteiger partial charge is 0.260 e. The fourth-order valence-electron chi connectivity index (χ4n) is 4.26. The molecule has 1 amide bonds. The van der Waals surface area contributed by atoms with Crippen molar-refractivity contribution in [3.63, 3.8) is 0 Å². The lowest BCUT2D eigenvalue weighted by atomic mass is 9.90. The van der Waals surface area contributed by atoms with Crippen LogP contribution in [-0.2, 0) is 17.8 Å². The first-order valence-electron chi connectivity index (χ1n) is 10.8. The van der Waals surface area contributed by atoms with Crippen molar-refractivity contribution in [1.82, 2.24) is 9.47 Å². The Balaban J connectivity index is 1.35. The van der Waals surface area contributed by atoms with Crippen LogP contribution in [0.2, 0.25) is 0 Å². The molecule has 1 saturated heterocycles. The minimum absolute atomic E-state index is 0.00448. The summed E-state index contributed by atoms with van der Waals surface area (Å²) in [5, 5.41) is 1.30. The van der Waals surface area contributed by atoms with E-state index in [1.807, 2.05) is 17.0 Å². The van der Waals surface area contributed by atoms with Gasteiger partial charge < -0.3 is 14.2 Å². The van der Waals surface area contributed by atoms with Crippen molar-refractivity contribution >= 4 is 16.7 Å². The van der Waals surface area contributed by atoms with Crippen molar-refractivity contribution in [3.05, 3.63) is 89.4 Å². The summed E-state index contributed by atoms with van der Waals surface area (Å²) in [7, 11) is 0. The molecule has 0 saturated carbocycles. The van der Waals surface area contributed by atoms with Gasteiger partial charge in [-0.25, -0.2) is 0 Å². The van der Waals surface area contributed by atoms with E-state index in [1.165, 1.54) is 5.56 Å². The van der Waals surface area contributed by atoms with Gasteiger partial charge in [-0.05, 0) is 48.9 Å². The van der Waals surface area contributed by atoms with Gasteiger partial charge >= 0.3 is 0 Å². The Hall–Kier alpha value is -3.34. The van der Waals surface area contributed by atoms with Crippen LogP contribution in [0.25, 0.3) is 10.8 Å². The standard InChI is InChI=1S/C26H28N2O3/c1-2-14-28-17-13-22-23(26(28)30)9-6-10-24(22)31-19-25(29)27-15-11-21(12-16-27)18-20-7-4-3-5-8-20/h2-10,13,17,21H,1,11-12,14-16,18-19H2.